The summed E-state index contributed by atoms with van der Waals surface area (Å²) in [7, 11) is 1.27. The number of hydrogen-bond acceptors (Lipinski definition) is 9. The second-order valence-corrected chi connectivity index (χ2v) is 5.68. The van der Waals surface area contributed by atoms with Crippen LogP contribution in [0.15, 0.2) is 18.2 Å². The number of phenols is 1. The Labute approximate surface area is 144 Å². The van der Waals surface area contributed by atoms with E-state index in [1.807, 2.05) is 0 Å². The fourth-order valence-corrected chi connectivity index (χ4v) is 2.49. The molecule has 0 radical (unpaired) electrons. The highest BCUT2D eigenvalue weighted by molar-refractivity contribution is 5.69. The molecule has 0 aliphatic carbocycles. The molecule has 0 spiro atoms. The molecule has 5 atom stereocenters. The maximum Gasteiger partial charge on any atom is 0.305 e. The van der Waals surface area contributed by atoms with Crippen molar-refractivity contribution in [3.63, 3.8) is 0 Å². The number of methoxy groups -OCH3 is 1. The normalized spacial score (nSPS) is 29.2. The van der Waals surface area contributed by atoms with Crippen molar-refractivity contribution in [2.75, 3.05) is 13.7 Å². The molecular formula is C16H22O9. The zero-order chi connectivity index (χ0) is 18.6. The van der Waals surface area contributed by atoms with Crippen LogP contribution in [0.5, 0.6) is 11.5 Å². The molecule has 1 heterocycles. The van der Waals surface area contributed by atoms with E-state index >= 15 is 0 Å². The minimum atomic E-state index is -1.58. The van der Waals surface area contributed by atoms with Crippen molar-refractivity contribution < 1.29 is 44.5 Å². The average Bonchev–Trinajstić information content (AvgIpc) is 2.61. The van der Waals surface area contributed by atoms with E-state index in [1.165, 1.54) is 25.3 Å². The summed E-state index contributed by atoms with van der Waals surface area (Å²) in [6.07, 6.45) is -6.82. The van der Waals surface area contributed by atoms with E-state index in [1.54, 1.807) is 0 Å². The lowest BCUT2D eigenvalue weighted by Gasteiger charge is -2.39. The van der Waals surface area contributed by atoms with Gasteiger partial charge in [-0.25, -0.2) is 0 Å². The second kappa shape index (κ2) is 8.45. The minimum absolute atomic E-state index is 0.0757. The monoisotopic (exact) mass is 358 g/mol. The molecule has 0 bridgehead atoms. The molecule has 25 heavy (non-hydrogen) atoms. The van der Waals surface area contributed by atoms with Crippen molar-refractivity contribution in [3.05, 3.63) is 23.8 Å². The second-order valence-electron chi connectivity index (χ2n) is 5.68. The van der Waals surface area contributed by atoms with Crippen LogP contribution in [0.4, 0.5) is 0 Å². The lowest BCUT2D eigenvalue weighted by Crippen LogP contribution is -2.60. The Kier molecular flexibility index (Phi) is 6.57. The van der Waals surface area contributed by atoms with E-state index < -0.39 is 43.3 Å². The number of aliphatic hydroxyl groups excluding tert-OH is 4. The van der Waals surface area contributed by atoms with E-state index in [4.69, 9.17) is 9.47 Å². The third-order valence-corrected chi connectivity index (χ3v) is 3.97. The predicted octanol–water partition coefficient (Wildman–Crippen LogP) is -1.32. The van der Waals surface area contributed by atoms with Gasteiger partial charge < -0.3 is 39.7 Å². The van der Waals surface area contributed by atoms with Crippen molar-refractivity contribution >= 4 is 5.97 Å². The lowest BCUT2D eigenvalue weighted by molar-refractivity contribution is -0.277. The quantitative estimate of drug-likeness (QED) is 0.391. The van der Waals surface area contributed by atoms with Crippen molar-refractivity contribution in [1.82, 2.24) is 0 Å². The molecule has 1 aromatic carbocycles. The number of benzene rings is 1. The molecule has 1 fully saturated rings. The Morgan fingerprint density at radius 1 is 1.20 bits per heavy atom. The smallest absolute Gasteiger partial charge is 0.305 e. The van der Waals surface area contributed by atoms with Crippen LogP contribution in [0.2, 0.25) is 0 Å². The maximum atomic E-state index is 11.3. The number of rotatable bonds is 6. The number of carbonyl (C=O) groups excluding carboxylic acids is 1. The van der Waals surface area contributed by atoms with Crippen LogP contribution in [0.1, 0.15) is 12.0 Å². The fourth-order valence-electron chi connectivity index (χ4n) is 2.49. The van der Waals surface area contributed by atoms with Crippen LogP contribution >= 0.6 is 0 Å². The summed E-state index contributed by atoms with van der Waals surface area (Å²) in [4.78, 5) is 11.3. The van der Waals surface area contributed by atoms with Gasteiger partial charge in [0.1, 0.15) is 35.9 Å². The number of ether oxygens (including phenoxy) is 3. The molecule has 5 N–H and O–H groups in total. The Balaban J connectivity index is 2.17. The molecule has 1 saturated heterocycles. The molecule has 1 aliphatic rings. The molecular weight excluding hydrogens is 336 g/mol. The van der Waals surface area contributed by atoms with Gasteiger partial charge in [0.2, 0.25) is 6.29 Å². The van der Waals surface area contributed by atoms with Gasteiger partial charge in [0.05, 0.1) is 13.7 Å². The zero-order valence-corrected chi connectivity index (χ0v) is 13.6. The SMILES string of the molecule is COC(=O)CCc1ccc(O)cc1OC1OC(CO)C(O)C(O)C1O. The molecule has 0 amide bonds. The minimum Gasteiger partial charge on any atom is -0.508 e. The first-order valence-corrected chi connectivity index (χ1v) is 7.73. The van der Waals surface area contributed by atoms with Gasteiger partial charge in [0.25, 0.3) is 0 Å². The van der Waals surface area contributed by atoms with E-state index in [-0.39, 0.29) is 24.3 Å². The highest BCUT2D eigenvalue weighted by Crippen LogP contribution is 2.30. The van der Waals surface area contributed by atoms with Gasteiger partial charge >= 0.3 is 5.97 Å². The molecule has 140 valence electrons. The molecule has 9 nitrogen and oxygen atoms in total. The topological polar surface area (TPSA) is 146 Å². The van der Waals surface area contributed by atoms with Crippen molar-refractivity contribution in [1.29, 1.82) is 0 Å². The van der Waals surface area contributed by atoms with E-state index in [2.05, 4.69) is 4.74 Å². The average molecular weight is 358 g/mol. The number of hydrogen-bond donors (Lipinski definition) is 5. The standard InChI is InChI=1S/C16H22O9/c1-23-12(19)5-3-8-2-4-9(18)6-10(8)24-16-15(22)14(21)13(20)11(7-17)25-16/h2,4,6,11,13-18,20-22H,3,5,7H2,1H3. The van der Waals surface area contributed by atoms with Crippen LogP contribution < -0.4 is 4.74 Å². The summed E-state index contributed by atoms with van der Waals surface area (Å²) in [6.45, 7) is -0.583. The van der Waals surface area contributed by atoms with Crippen LogP contribution in [-0.4, -0.2) is 75.9 Å². The van der Waals surface area contributed by atoms with Crippen LogP contribution in [0, 0.1) is 0 Å². The largest absolute Gasteiger partial charge is 0.508 e. The number of phenolic OH excluding ortho intramolecular Hbond substituents is 1. The van der Waals surface area contributed by atoms with E-state index in [9.17, 15) is 30.3 Å². The molecule has 5 unspecified atom stereocenters. The highest BCUT2D eigenvalue weighted by atomic mass is 16.7. The maximum absolute atomic E-state index is 11.3. The fraction of sp³-hybridized carbons (Fsp3) is 0.562. The summed E-state index contributed by atoms with van der Waals surface area (Å²) in [5.41, 5.74) is 0.542. The van der Waals surface area contributed by atoms with Gasteiger partial charge in [-0.3, -0.25) is 4.79 Å². The van der Waals surface area contributed by atoms with Crippen LogP contribution in [0.25, 0.3) is 0 Å². The number of aliphatic hydroxyl groups is 4. The van der Waals surface area contributed by atoms with E-state index in [0.29, 0.717) is 5.56 Å². The van der Waals surface area contributed by atoms with Gasteiger partial charge in [0, 0.05) is 12.5 Å². The summed E-state index contributed by atoms with van der Waals surface area (Å²) >= 11 is 0. The first kappa shape index (κ1) is 19.4. The number of carbonyl (C=O) groups is 1. The molecule has 1 aliphatic heterocycles. The molecule has 9 heteroatoms. The molecule has 0 aromatic heterocycles. The number of aryl methyl sites for hydroxylation is 1. The molecule has 1 aromatic rings. The van der Waals surface area contributed by atoms with Gasteiger partial charge in [-0.1, -0.05) is 6.07 Å². The zero-order valence-electron chi connectivity index (χ0n) is 13.6. The van der Waals surface area contributed by atoms with E-state index in [0.717, 1.165) is 0 Å². The van der Waals surface area contributed by atoms with Crippen molar-refractivity contribution in [3.8, 4) is 11.5 Å². The van der Waals surface area contributed by atoms with Crippen LogP contribution in [0.3, 0.4) is 0 Å². The third-order valence-electron chi connectivity index (χ3n) is 3.97. The third kappa shape index (κ3) is 4.59. The first-order valence-electron chi connectivity index (χ1n) is 7.73. The Morgan fingerprint density at radius 3 is 2.56 bits per heavy atom. The molecule has 2 rings (SSSR count). The Morgan fingerprint density at radius 2 is 1.92 bits per heavy atom. The van der Waals surface area contributed by atoms with Gasteiger partial charge in [-0.2, -0.15) is 0 Å². The van der Waals surface area contributed by atoms with Crippen molar-refractivity contribution in [2.45, 2.75) is 43.5 Å². The van der Waals surface area contributed by atoms with Gasteiger partial charge in [-0.15, -0.1) is 0 Å². The van der Waals surface area contributed by atoms with Gasteiger partial charge in [0.15, 0.2) is 0 Å². The summed E-state index contributed by atoms with van der Waals surface area (Å²) in [6, 6.07) is 4.22. The first-order chi connectivity index (χ1) is 11.9. The molecule has 0 saturated carbocycles. The van der Waals surface area contributed by atoms with Crippen LogP contribution in [-0.2, 0) is 20.7 Å². The highest BCUT2D eigenvalue weighted by Gasteiger charge is 2.44. The van der Waals surface area contributed by atoms with Crippen molar-refractivity contribution in [2.24, 2.45) is 0 Å². The Hall–Kier alpha value is -1.91. The Bertz CT molecular complexity index is 589. The predicted molar refractivity (Wildman–Crippen MR) is 82.8 cm³/mol. The van der Waals surface area contributed by atoms with Gasteiger partial charge in [-0.05, 0) is 18.1 Å². The number of aromatic hydroxyl groups is 1. The number of esters is 1. The summed E-state index contributed by atoms with van der Waals surface area (Å²) in [5, 5.41) is 48.4. The lowest BCUT2D eigenvalue weighted by atomic mass is 9.99. The summed E-state index contributed by atoms with van der Waals surface area (Å²) in [5.74, 6) is -0.401. The summed E-state index contributed by atoms with van der Waals surface area (Å²) < 4.78 is 15.4.